The van der Waals surface area contributed by atoms with Gasteiger partial charge in [-0.25, -0.2) is 9.48 Å². The summed E-state index contributed by atoms with van der Waals surface area (Å²) in [7, 11) is 0. The first-order chi connectivity index (χ1) is 15.7. The summed E-state index contributed by atoms with van der Waals surface area (Å²) < 4.78 is 13.4. The Balaban J connectivity index is 1.54. The quantitative estimate of drug-likeness (QED) is 0.306. The zero-order chi connectivity index (χ0) is 23.6. The molecule has 4 rings (SSSR count). The predicted octanol–water partition coefficient (Wildman–Crippen LogP) is 6.54. The van der Waals surface area contributed by atoms with E-state index >= 15 is 0 Å². The number of nitrogens with zero attached hydrogens (tertiary/aromatic N) is 2. The van der Waals surface area contributed by atoms with Gasteiger partial charge in [0, 0.05) is 4.90 Å². The number of aryl methyl sites for hydroxylation is 2. The minimum Gasteiger partial charge on any atom is -0.482 e. The van der Waals surface area contributed by atoms with E-state index in [-0.39, 0.29) is 12.1 Å². The maximum absolute atomic E-state index is 12.8. The van der Waals surface area contributed by atoms with Gasteiger partial charge in [0.15, 0.2) is 6.61 Å². The number of carbonyl (C=O) groups is 1. The SMILES string of the molecule is Cc1ccc(Sc2c(C)nn(C(C)(C)C)c2OC(=O)COc2ccc3ccccc3c2)cc1. The summed E-state index contributed by atoms with van der Waals surface area (Å²) in [5.74, 6) is 0.595. The van der Waals surface area contributed by atoms with Crippen molar-refractivity contribution in [2.45, 2.75) is 49.9 Å². The largest absolute Gasteiger partial charge is 0.482 e. The topological polar surface area (TPSA) is 53.4 Å². The first kappa shape index (κ1) is 22.9. The number of fused-ring (bicyclic) bond motifs is 1. The minimum atomic E-state index is -0.473. The van der Waals surface area contributed by atoms with E-state index < -0.39 is 5.97 Å². The van der Waals surface area contributed by atoms with Crippen molar-refractivity contribution in [1.82, 2.24) is 9.78 Å². The normalized spacial score (nSPS) is 11.5. The Bertz CT molecular complexity index is 1290. The molecule has 1 heterocycles. The summed E-state index contributed by atoms with van der Waals surface area (Å²) >= 11 is 1.54. The molecule has 0 saturated carbocycles. The summed E-state index contributed by atoms with van der Waals surface area (Å²) in [6.07, 6.45) is 0. The van der Waals surface area contributed by atoms with E-state index in [9.17, 15) is 4.79 Å². The molecule has 170 valence electrons. The van der Waals surface area contributed by atoms with Crippen LogP contribution in [-0.2, 0) is 10.3 Å². The summed E-state index contributed by atoms with van der Waals surface area (Å²) in [6.45, 7) is 9.89. The highest BCUT2D eigenvalue weighted by atomic mass is 32.2. The molecule has 1 aromatic heterocycles. The van der Waals surface area contributed by atoms with Crippen LogP contribution in [0.3, 0.4) is 0 Å². The van der Waals surface area contributed by atoms with Gasteiger partial charge < -0.3 is 9.47 Å². The second-order valence-corrected chi connectivity index (χ2v) is 10.1. The first-order valence-corrected chi connectivity index (χ1v) is 11.7. The van der Waals surface area contributed by atoms with Gasteiger partial charge in [-0.05, 0) is 69.7 Å². The van der Waals surface area contributed by atoms with E-state index in [0.717, 1.165) is 26.3 Å². The third-order valence-corrected chi connectivity index (χ3v) is 6.31. The number of rotatable bonds is 6. The third-order valence-electron chi connectivity index (χ3n) is 5.13. The summed E-state index contributed by atoms with van der Waals surface area (Å²) in [5.41, 5.74) is 1.65. The Kier molecular flexibility index (Phi) is 6.47. The highest BCUT2D eigenvalue weighted by Crippen LogP contribution is 2.40. The Hall–Kier alpha value is -3.25. The molecule has 0 aliphatic carbocycles. The summed E-state index contributed by atoms with van der Waals surface area (Å²) in [4.78, 5) is 14.7. The molecule has 5 nitrogen and oxygen atoms in total. The maximum atomic E-state index is 12.8. The van der Waals surface area contributed by atoms with Crippen LogP contribution < -0.4 is 9.47 Å². The maximum Gasteiger partial charge on any atom is 0.350 e. The number of esters is 1. The van der Waals surface area contributed by atoms with Crippen molar-refractivity contribution in [3.8, 4) is 11.6 Å². The summed E-state index contributed by atoms with van der Waals surface area (Å²) in [5, 5.41) is 6.86. The van der Waals surface area contributed by atoms with E-state index in [1.165, 1.54) is 5.56 Å². The molecule has 0 aliphatic heterocycles. The van der Waals surface area contributed by atoms with E-state index in [4.69, 9.17) is 9.47 Å². The molecule has 0 bridgehead atoms. The minimum absolute atomic E-state index is 0.193. The van der Waals surface area contributed by atoms with Crippen molar-refractivity contribution in [3.63, 3.8) is 0 Å². The highest BCUT2D eigenvalue weighted by molar-refractivity contribution is 7.99. The number of hydrogen-bond donors (Lipinski definition) is 0. The van der Waals surface area contributed by atoms with Crippen LogP contribution in [0.25, 0.3) is 10.8 Å². The van der Waals surface area contributed by atoms with Gasteiger partial charge in [-0.1, -0.05) is 59.8 Å². The van der Waals surface area contributed by atoms with Crippen molar-refractivity contribution in [1.29, 1.82) is 0 Å². The number of hydrogen-bond acceptors (Lipinski definition) is 5. The Morgan fingerprint density at radius 1 is 0.970 bits per heavy atom. The molecule has 0 fully saturated rings. The standard InChI is InChI=1S/C27H28N2O3S/c1-18-10-14-23(15-11-18)33-25-19(2)28-29(27(3,4)5)26(25)32-24(30)17-31-22-13-12-20-8-6-7-9-21(20)16-22/h6-16H,17H2,1-5H3. The van der Waals surface area contributed by atoms with Gasteiger partial charge in [-0.2, -0.15) is 5.10 Å². The Labute approximate surface area is 198 Å². The molecule has 4 aromatic rings. The molecule has 0 spiro atoms. The molecule has 0 aliphatic rings. The van der Waals surface area contributed by atoms with Gasteiger partial charge in [0.2, 0.25) is 5.88 Å². The van der Waals surface area contributed by atoms with Crippen LogP contribution in [0, 0.1) is 13.8 Å². The first-order valence-electron chi connectivity index (χ1n) is 10.9. The molecule has 0 amide bonds. The van der Waals surface area contributed by atoms with E-state index in [2.05, 4.69) is 36.3 Å². The molecule has 0 atom stereocenters. The molecule has 0 unspecified atom stereocenters. The van der Waals surface area contributed by atoms with Gasteiger partial charge in [0.05, 0.1) is 16.1 Å². The van der Waals surface area contributed by atoms with Crippen molar-refractivity contribution >= 4 is 28.5 Å². The zero-order valence-electron chi connectivity index (χ0n) is 19.6. The lowest BCUT2D eigenvalue weighted by atomic mass is 10.1. The highest BCUT2D eigenvalue weighted by Gasteiger charge is 2.27. The monoisotopic (exact) mass is 460 g/mol. The van der Waals surface area contributed by atoms with Crippen LogP contribution in [-0.4, -0.2) is 22.4 Å². The number of benzene rings is 3. The van der Waals surface area contributed by atoms with Crippen LogP contribution in [0.5, 0.6) is 11.6 Å². The van der Waals surface area contributed by atoms with Crippen molar-refractivity contribution < 1.29 is 14.3 Å². The van der Waals surface area contributed by atoms with Gasteiger partial charge in [0.25, 0.3) is 0 Å². The van der Waals surface area contributed by atoms with E-state index in [1.807, 2.05) is 70.2 Å². The lowest BCUT2D eigenvalue weighted by Gasteiger charge is -2.22. The Morgan fingerprint density at radius 2 is 1.67 bits per heavy atom. The second-order valence-electron chi connectivity index (χ2n) is 8.99. The second kappa shape index (κ2) is 9.32. The average molecular weight is 461 g/mol. The molecule has 3 aromatic carbocycles. The lowest BCUT2D eigenvalue weighted by Crippen LogP contribution is -2.27. The van der Waals surface area contributed by atoms with Crippen molar-refractivity contribution in [2.75, 3.05) is 6.61 Å². The van der Waals surface area contributed by atoms with Crippen LogP contribution in [0.1, 0.15) is 32.0 Å². The summed E-state index contributed by atoms with van der Waals surface area (Å²) in [6, 6.07) is 22.0. The Morgan fingerprint density at radius 3 is 2.36 bits per heavy atom. The molecule has 6 heteroatoms. The van der Waals surface area contributed by atoms with E-state index in [0.29, 0.717) is 11.6 Å². The number of aromatic nitrogens is 2. The van der Waals surface area contributed by atoms with Crippen LogP contribution >= 0.6 is 11.8 Å². The van der Waals surface area contributed by atoms with Crippen LogP contribution in [0.2, 0.25) is 0 Å². The van der Waals surface area contributed by atoms with E-state index in [1.54, 1.807) is 16.4 Å². The van der Waals surface area contributed by atoms with Gasteiger partial charge in [-0.3, -0.25) is 0 Å². The fourth-order valence-corrected chi connectivity index (χ4v) is 4.33. The third kappa shape index (κ3) is 5.40. The fourth-order valence-electron chi connectivity index (χ4n) is 3.41. The predicted molar refractivity (Wildman–Crippen MR) is 132 cm³/mol. The smallest absolute Gasteiger partial charge is 0.350 e. The van der Waals surface area contributed by atoms with Gasteiger partial charge in [0.1, 0.15) is 5.75 Å². The molecular formula is C27H28N2O3S. The van der Waals surface area contributed by atoms with Gasteiger partial charge >= 0.3 is 5.97 Å². The average Bonchev–Trinajstić information content (AvgIpc) is 3.09. The number of ether oxygens (including phenoxy) is 2. The molecule has 0 saturated heterocycles. The molecule has 0 N–H and O–H groups in total. The van der Waals surface area contributed by atoms with Crippen molar-refractivity contribution in [2.24, 2.45) is 0 Å². The van der Waals surface area contributed by atoms with Crippen LogP contribution in [0.15, 0.2) is 76.5 Å². The fraction of sp³-hybridized carbons (Fsp3) is 0.259. The number of carbonyl (C=O) groups excluding carboxylic acids is 1. The van der Waals surface area contributed by atoms with Crippen LogP contribution in [0.4, 0.5) is 0 Å². The molecule has 0 radical (unpaired) electrons. The van der Waals surface area contributed by atoms with Crippen molar-refractivity contribution in [3.05, 3.63) is 78.0 Å². The zero-order valence-corrected chi connectivity index (χ0v) is 20.4. The lowest BCUT2D eigenvalue weighted by molar-refractivity contribution is -0.137. The molecular weight excluding hydrogens is 432 g/mol. The molecule has 33 heavy (non-hydrogen) atoms. The van der Waals surface area contributed by atoms with Gasteiger partial charge in [-0.15, -0.1) is 0 Å².